The standard InChI is InChI=1S/C17H23N/c1-14(2)18-13-6-5-9-16-11-7-10-15-8-3-4-12-17(15)16/h3-4,7-8,10-12,14,18H,5-6,9,13H2,1-2H3. The molecule has 1 heteroatoms. The normalized spacial score (nSPS) is 11.3. The first-order valence-electron chi connectivity index (χ1n) is 6.97. The number of rotatable bonds is 6. The van der Waals surface area contributed by atoms with Gasteiger partial charge in [-0.05, 0) is 42.1 Å². The maximum absolute atomic E-state index is 3.47. The molecule has 0 aliphatic heterocycles. The smallest absolute Gasteiger partial charge is 0.00103 e. The highest BCUT2D eigenvalue weighted by molar-refractivity contribution is 5.85. The number of hydrogen-bond acceptors (Lipinski definition) is 1. The molecule has 1 N–H and O–H groups in total. The Kier molecular flexibility index (Phi) is 4.77. The van der Waals surface area contributed by atoms with Gasteiger partial charge in [-0.3, -0.25) is 0 Å². The zero-order valence-electron chi connectivity index (χ0n) is 11.4. The van der Waals surface area contributed by atoms with Crippen molar-refractivity contribution in [3.05, 3.63) is 48.0 Å². The lowest BCUT2D eigenvalue weighted by Gasteiger charge is -2.09. The molecule has 0 spiro atoms. The number of unbranched alkanes of at least 4 members (excludes halogenated alkanes) is 1. The minimum absolute atomic E-state index is 0.600. The molecule has 0 aliphatic rings. The zero-order valence-corrected chi connectivity index (χ0v) is 11.4. The monoisotopic (exact) mass is 241 g/mol. The van der Waals surface area contributed by atoms with E-state index < -0.39 is 0 Å². The van der Waals surface area contributed by atoms with Gasteiger partial charge in [-0.2, -0.15) is 0 Å². The quantitative estimate of drug-likeness (QED) is 0.749. The summed E-state index contributed by atoms with van der Waals surface area (Å²) in [5, 5.41) is 6.24. The molecular formula is C17H23N. The van der Waals surface area contributed by atoms with Crippen molar-refractivity contribution in [2.45, 2.75) is 39.2 Å². The van der Waals surface area contributed by atoms with Crippen LogP contribution in [0.2, 0.25) is 0 Å². The van der Waals surface area contributed by atoms with Crippen LogP contribution in [0.4, 0.5) is 0 Å². The molecule has 2 aromatic rings. The van der Waals surface area contributed by atoms with Crippen LogP contribution in [0, 0.1) is 0 Å². The van der Waals surface area contributed by atoms with E-state index in [0.717, 1.165) is 6.54 Å². The number of nitrogens with one attached hydrogen (secondary N) is 1. The Hall–Kier alpha value is -1.34. The van der Waals surface area contributed by atoms with Crippen molar-refractivity contribution >= 4 is 10.8 Å². The average Bonchev–Trinajstić information content (AvgIpc) is 2.38. The highest BCUT2D eigenvalue weighted by Crippen LogP contribution is 2.19. The van der Waals surface area contributed by atoms with E-state index in [1.807, 2.05) is 0 Å². The maximum Gasteiger partial charge on any atom is 0.00103 e. The molecule has 0 amide bonds. The molecule has 0 unspecified atom stereocenters. The second-order valence-electron chi connectivity index (χ2n) is 5.20. The largest absolute Gasteiger partial charge is 0.315 e. The van der Waals surface area contributed by atoms with Crippen LogP contribution in [0.1, 0.15) is 32.3 Å². The lowest BCUT2D eigenvalue weighted by atomic mass is 10.0. The predicted molar refractivity (Wildman–Crippen MR) is 80.0 cm³/mol. The molecule has 96 valence electrons. The van der Waals surface area contributed by atoms with Crippen LogP contribution >= 0.6 is 0 Å². The zero-order chi connectivity index (χ0) is 12.8. The van der Waals surface area contributed by atoms with Crippen molar-refractivity contribution < 1.29 is 0 Å². The van der Waals surface area contributed by atoms with Crippen LogP contribution in [0.3, 0.4) is 0 Å². The lowest BCUT2D eigenvalue weighted by molar-refractivity contribution is 0.558. The highest BCUT2D eigenvalue weighted by Gasteiger charge is 2.00. The van der Waals surface area contributed by atoms with Crippen LogP contribution in [0.5, 0.6) is 0 Å². The molecular weight excluding hydrogens is 218 g/mol. The summed E-state index contributed by atoms with van der Waals surface area (Å²) in [6, 6.07) is 15.9. The molecule has 0 atom stereocenters. The minimum atomic E-state index is 0.600. The van der Waals surface area contributed by atoms with Crippen molar-refractivity contribution in [3.63, 3.8) is 0 Å². The number of benzene rings is 2. The van der Waals surface area contributed by atoms with E-state index in [9.17, 15) is 0 Å². The van der Waals surface area contributed by atoms with Gasteiger partial charge in [-0.15, -0.1) is 0 Å². The molecule has 0 saturated heterocycles. The van der Waals surface area contributed by atoms with Gasteiger partial charge in [0.2, 0.25) is 0 Å². The van der Waals surface area contributed by atoms with Crippen molar-refractivity contribution in [2.24, 2.45) is 0 Å². The second kappa shape index (κ2) is 6.55. The first-order chi connectivity index (χ1) is 8.77. The summed E-state index contributed by atoms with van der Waals surface area (Å²) in [5.41, 5.74) is 1.48. The summed E-state index contributed by atoms with van der Waals surface area (Å²) in [4.78, 5) is 0. The van der Waals surface area contributed by atoms with E-state index in [-0.39, 0.29) is 0 Å². The summed E-state index contributed by atoms with van der Waals surface area (Å²) in [6.45, 7) is 5.53. The molecule has 0 fully saturated rings. The summed E-state index contributed by atoms with van der Waals surface area (Å²) >= 11 is 0. The molecule has 0 saturated carbocycles. The van der Waals surface area contributed by atoms with Gasteiger partial charge in [-0.1, -0.05) is 56.3 Å². The topological polar surface area (TPSA) is 12.0 Å². The molecule has 0 aliphatic carbocycles. The van der Waals surface area contributed by atoms with Crippen LogP contribution < -0.4 is 5.32 Å². The fraction of sp³-hybridized carbons (Fsp3) is 0.412. The number of fused-ring (bicyclic) bond motifs is 1. The van der Waals surface area contributed by atoms with Gasteiger partial charge in [0.1, 0.15) is 0 Å². The van der Waals surface area contributed by atoms with Crippen LogP contribution in [0.25, 0.3) is 10.8 Å². The molecule has 0 aromatic heterocycles. The Balaban J connectivity index is 1.91. The van der Waals surface area contributed by atoms with Crippen LogP contribution in [-0.2, 0) is 6.42 Å². The van der Waals surface area contributed by atoms with Gasteiger partial charge in [-0.25, -0.2) is 0 Å². The van der Waals surface area contributed by atoms with Gasteiger partial charge in [0.15, 0.2) is 0 Å². The fourth-order valence-corrected chi connectivity index (χ4v) is 2.34. The Bertz CT molecular complexity index is 482. The molecule has 0 bridgehead atoms. The molecule has 2 rings (SSSR count). The van der Waals surface area contributed by atoms with Crippen molar-refractivity contribution in [2.75, 3.05) is 6.54 Å². The Morgan fingerprint density at radius 1 is 0.944 bits per heavy atom. The fourth-order valence-electron chi connectivity index (χ4n) is 2.34. The lowest BCUT2D eigenvalue weighted by Crippen LogP contribution is -2.23. The Morgan fingerprint density at radius 3 is 2.56 bits per heavy atom. The van der Waals surface area contributed by atoms with Gasteiger partial charge < -0.3 is 5.32 Å². The molecule has 18 heavy (non-hydrogen) atoms. The molecule has 0 heterocycles. The van der Waals surface area contributed by atoms with E-state index in [2.05, 4.69) is 61.6 Å². The van der Waals surface area contributed by atoms with E-state index in [0.29, 0.717) is 6.04 Å². The maximum atomic E-state index is 3.47. The third-order valence-corrected chi connectivity index (χ3v) is 3.31. The Labute approximate surface area is 110 Å². The second-order valence-corrected chi connectivity index (χ2v) is 5.20. The minimum Gasteiger partial charge on any atom is -0.315 e. The SMILES string of the molecule is CC(C)NCCCCc1cccc2ccccc12. The van der Waals surface area contributed by atoms with Gasteiger partial charge in [0.05, 0.1) is 0 Å². The van der Waals surface area contributed by atoms with Crippen LogP contribution in [0.15, 0.2) is 42.5 Å². The van der Waals surface area contributed by atoms with E-state index in [1.165, 1.54) is 35.6 Å². The third kappa shape index (κ3) is 3.58. The highest BCUT2D eigenvalue weighted by atomic mass is 14.9. The molecule has 0 radical (unpaired) electrons. The predicted octanol–water partition coefficient (Wildman–Crippen LogP) is 4.16. The van der Waals surface area contributed by atoms with Crippen molar-refractivity contribution in [3.8, 4) is 0 Å². The summed E-state index contributed by atoms with van der Waals surface area (Å²) in [5.74, 6) is 0. The van der Waals surface area contributed by atoms with Gasteiger partial charge in [0.25, 0.3) is 0 Å². The van der Waals surface area contributed by atoms with Gasteiger partial charge in [0, 0.05) is 6.04 Å². The van der Waals surface area contributed by atoms with E-state index in [1.54, 1.807) is 0 Å². The Morgan fingerprint density at radius 2 is 1.72 bits per heavy atom. The van der Waals surface area contributed by atoms with Gasteiger partial charge >= 0.3 is 0 Å². The van der Waals surface area contributed by atoms with Crippen molar-refractivity contribution in [1.29, 1.82) is 0 Å². The average molecular weight is 241 g/mol. The number of aryl methyl sites for hydroxylation is 1. The van der Waals surface area contributed by atoms with Crippen molar-refractivity contribution in [1.82, 2.24) is 5.32 Å². The summed E-state index contributed by atoms with van der Waals surface area (Å²) < 4.78 is 0. The van der Waals surface area contributed by atoms with Crippen LogP contribution in [-0.4, -0.2) is 12.6 Å². The number of hydrogen-bond donors (Lipinski definition) is 1. The van der Waals surface area contributed by atoms with E-state index in [4.69, 9.17) is 0 Å². The summed E-state index contributed by atoms with van der Waals surface area (Å²) in [6.07, 6.45) is 3.69. The first kappa shape index (κ1) is 13.1. The third-order valence-electron chi connectivity index (χ3n) is 3.31. The van der Waals surface area contributed by atoms with E-state index >= 15 is 0 Å². The summed E-state index contributed by atoms with van der Waals surface area (Å²) in [7, 11) is 0. The molecule has 2 aromatic carbocycles. The molecule has 1 nitrogen and oxygen atoms in total. The first-order valence-corrected chi connectivity index (χ1v) is 6.97.